The molecule has 0 heterocycles. The minimum Gasteiger partial charge on any atom is -0.494 e. The van der Waals surface area contributed by atoms with E-state index in [0.717, 1.165) is 166 Å². The maximum Gasteiger partial charge on any atom is 0.338 e. The van der Waals surface area contributed by atoms with Gasteiger partial charge in [0.1, 0.15) is 17.2 Å². The molecule has 10 rings (SSSR count). The van der Waals surface area contributed by atoms with Gasteiger partial charge < -0.3 is 71.1 Å². The van der Waals surface area contributed by atoms with Crippen molar-refractivity contribution in [2.24, 2.45) is 30.7 Å². The van der Waals surface area contributed by atoms with E-state index in [1.54, 1.807) is 115 Å². The highest BCUT2D eigenvalue weighted by Crippen LogP contribution is 2.48. The number of hydrogen-bond donors (Lipinski definition) is 0. The van der Waals surface area contributed by atoms with Gasteiger partial charge in [-0.1, -0.05) is 98.3 Å². The molecule has 30 nitrogen and oxygen atoms in total. The molecular weight excluding hydrogens is 1910 g/mol. The van der Waals surface area contributed by atoms with Crippen molar-refractivity contribution in [3.8, 4) is 51.7 Å². The van der Waals surface area contributed by atoms with Crippen LogP contribution in [0, 0.1) is 0 Å². The molecule has 0 fully saturated rings. The molecule has 10 aromatic carbocycles. The molecule has 0 aromatic heterocycles. The van der Waals surface area contributed by atoms with Gasteiger partial charge in [0.2, 0.25) is 0 Å². The van der Waals surface area contributed by atoms with E-state index in [2.05, 4.69) is 71.2 Å². The summed E-state index contributed by atoms with van der Waals surface area (Å²) in [7, 11) is 0. The molecule has 0 aliphatic carbocycles. The van der Waals surface area contributed by atoms with Gasteiger partial charge in [-0.25, -0.2) is 28.8 Å². The van der Waals surface area contributed by atoms with Crippen molar-refractivity contribution in [3.63, 3.8) is 0 Å². The zero-order valence-electron chi connectivity index (χ0n) is 87.1. The van der Waals surface area contributed by atoms with Crippen LogP contribution in [-0.4, -0.2) is 133 Å². The van der Waals surface area contributed by atoms with Crippen LogP contribution in [0.4, 0.5) is 34.1 Å². The average molecular weight is 2050 g/mol. The molecule has 0 N–H and O–H groups in total. The van der Waals surface area contributed by atoms with Gasteiger partial charge in [-0.3, -0.25) is 14.4 Å². The Morgan fingerprint density at radius 3 is 0.620 bits per heavy atom. The first-order chi connectivity index (χ1) is 73.4. The molecule has 0 unspecified atom stereocenters. The van der Waals surface area contributed by atoms with Crippen molar-refractivity contribution in [1.82, 2.24) is 0 Å². The third-order valence-electron chi connectivity index (χ3n) is 24.2. The zero-order valence-corrected chi connectivity index (χ0v) is 87.1. The second-order valence-electron chi connectivity index (χ2n) is 36.1. The maximum atomic E-state index is 14.4. The Bertz CT molecular complexity index is 6010. The lowest BCUT2D eigenvalue weighted by atomic mass is 9.93. The highest BCUT2D eigenvalue weighted by molar-refractivity contribution is 6.27. The standard InChI is InChI=1S/C120H144N6O24/c1-7-13-16-31-73-139-106-82-100-101-83-107(140-74-32-17-14-8-2)110(149-116(131)44-29-26-41-80-146-119(134)89-48-54-92(55-49-89)122-125-95-60-66-98(67-61-95)137-71-35-20-23-38-77-143-113(128)11-5)86-104(101)105-87-111(150-117(132)45-30-27-42-81-147-120(135)90-50-56-93(57-51-90)123-126-96-62-68-99(69-63-96)138-72-36-21-24-39-78-144-114(129)12-6)108(141-75-33-18-15-9-3)84-102(105)103(100)85-109(106)148-115(130)43-28-25-40-79-145-118(133)88-46-52-91(53-47-88)121-124-94-58-64-97(65-59-94)136-70-34-19-22-37-76-142-112(127)10-4/h10-12,46-69,82-87H,4-9,13-45,70-81H2,1-3H3. The quantitative estimate of drug-likeness (QED) is 0.00650. The van der Waals surface area contributed by atoms with Gasteiger partial charge in [-0.15, -0.1) is 0 Å². The molecule has 0 saturated carbocycles. The van der Waals surface area contributed by atoms with Crippen LogP contribution in [0.15, 0.2) is 251 Å². The number of benzene rings is 10. The van der Waals surface area contributed by atoms with Gasteiger partial charge in [0, 0.05) is 37.5 Å². The van der Waals surface area contributed by atoms with Crippen molar-refractivity contribution in [3.05, 3.63) is 237 Å². The highest BCUT2D eigenvalue weighted by atomic mass is 16.6. The number of ether oxygens (including phenoxy) is 15. The summed E-state index contributed by atoms with van der Waals surface area (Å²) >= 11 is 0. The van der Waals surface area contributed by atoms with E-state index < -0.39 is 53.7 Å². The lowest BCUT2D eigenvalue weighted by Crippen LogP contribution is -2.11. The van der Waals surface area contributed by atoms with E-state index in [-0.39, 0.29) is 56.3 Å². The molecule has 0 radical (unpaired) electrons. The minimum absolute atomic E-state index is 0.0124. The van der Waals surface area contributed by atoms with Crippen LogP contribution in [0.25, 0.3) is 32.3 Å². The minimum atomic E-state index is -0.530. The first-order valence-corrected chi connectivity index (χ1v) is 53.1. The SMILES string of the molecule is C=CC(=O)OCCCCCCOc1ccc(N=Nc2ccc(C(=O)OCCCCCC(=O)Oc3cc4c(cc3OCCCCCC)c3cc(OCCCCCC)c(OC(=O)CCCCCOC(=O)c5ccc(N=Nc6ccc(OCCCCCCOC(=O)C=C)cc6)cc5)cc3c3cc(OC(=O)CCCCCOC(=O)c5ccc(N=Nc6ccc(OCCCCCCOC(=O)C=C)cc6)cc5)c(OCCCCCC)cc43)cc2)cc1. The Hall–Kier alpha value is -15.0. The van der Waals surface area contributed by atoms with Crippen molar-refractivity contribution >= 4 is 120 Å². The molecule has 0 saturated heterocycles. The molecular formula is C120H144N6O24. The summed E-state index contributed by atoms with van der Waals surface area (Å²) in [5.41, 5.74) is 4.50. The number of fused-ring (bicyclic) bond motifs is 6. The molecule has 0 atom stereocenters. The Balaban J connectivity index is 0.807. The van der Waals surface area contributed by atoms with Crippen molar-refractivity contribution in [1.29, 1.82) is 0 Å². The van der Waals surface area contributed by atoms with E-state index in [1.807, 2.05) is 66.7 Å². The van der Waals surface area contributed by atoms with Crippen LogP contribution in [0.3, 0.4) is 0 Å². The summed E-state index contributed by atoms with van der Waals surface area (Å²) in [6.45, 7) is 20.6. The van der Waals surface area contributed by atoms with Gasteiger partial charge in [0.15, 0.2) is 34.5 Å². The van der Waals surface area contributed by atoms with Crippen LogP contribution < -0.4 is 42.6 Å². The van der Waals surface area contributed by atoms with Crippen LogP contribution in [0.1, 0.15) is 283 Å². The number of unbranched alkanes of at least 4 members (excludes halogenated alkanes) is 24. The Morgan fingerprint density at radius 1 is 0.213 bits per heavy atom. The number of azo groups is 3. The molecule has 0 bridgehead atoms. The highest BCUT2D eigenvalue weighted by Gasteiger charge is 2.25. The number of carbonyl (C=O) groups excluding carboxylic acids is 9. The van der Waals surface area contributed by atoms with Gasteiger partial charge in [0.05, 0.1) is 130 Å². The molecule has 0 aliphatic rings. The average Bonchev–Trinajstić information content (AvgIpc) is 0.722. The second kappa shape index (κ2) is 68.5. The molecule has 150 heavy (non-hydrogen) atoms. The Morgan fingerprint density at radius 2 is 0.400 bits per heavy atom. The fourth-order valence-corrected chi connectivity index (χ4v) is 15.7. The summed E-state index contributed by atoms with van der Waals surface area (Å²) in [5.74, 6) is -0.790. The van der Waals surface area contributed by atoms with Gasteiger partial charge in [-0.2, -0.15) is 30.7 Å². The van der Waals surface area contributed by atoms with Gasteiger partial charge >= 0.3 is 53.7 Å². The predicted molar refractivity (Wildman–Crippen MR) is 578 cm³/mol. The number of hydrogen-bond acceptors (Lipinski definition) is 30. The number of carbonyl (C=O) groups is 9. The van der Waals surface area contributed by atoms with Crippen LogP contribution in [0.5, 0.6) is 51.7 Å². The van der Waals surface area contributed by atoms with Crippen molar-refractivity contribution in [2.75, 3.05) is 79.3 Å². The topological polar surface area (TPSA) is 366 Å². The zero-order chi connectivity index (χ0) is 106. The number of nitrogens with zero attached hydrogens (tertiary/aromatic N) is 6. The predicted octanol–water partition coefficient (Wildman–Crippen LogP) is 30.2. The second-order valence-corrected chi connectivity index (χ2v) is 36.1. The Labute approximate surface area is 879 Å². The lowest BCUT2D eigenvalue weighted by Gasteiger charge is -2.20. The van der Waals surface area contributed by atoms with E-state index in [1.165, 1.54) is 0 Å². The third-order valence-corrected chi connectivity index (χ3v) is 24.2. The summed E-state index contributed by atoms with van der Waals surface area (Å²) < 4.78 is 89.0. The van der Waals surface area contributed by atoms with E-state index >= 15 is 0 Å². The summed E-state index contributed by atoms with van der Waals surface area (Å²) in [5, 5.41) is 29.9. The smallest absolute Gasteiger partial charge is 0.338 e. The fraction of sp³-hybridized carbons (Fsp3) is 0.425. The fourth-order valence-electron chi connectivity index (χ4n) is 15.7. The molecule has 0 spiro atoms. The lowest BCUT2D eigenvalue weighted by molar-refractivity contribution is -0.138. The molecule has 30 heteroatoms. The van der Waals surface area contributed by atoms with Crippen LogP contribution >= 0.6 is 0 Å². The van der Waals surface area contributed by atoms with Gasteiger partial charge in [-0.05, 0) is 368 Å². The monoisotopic (exact) mass is 2050 g/mol. The van der Waals surface area contributed by atoms with Gasteiger partial charge in [0.25, 0.3) is 0 Å². The first kappa shape index (κ1) is 117. The third kappa shape index (κ3) is 43.4. The van der Waals surface area contributed by atoms with E-state index in [4.69, 9.17) is 71.1 Å². The Kier molecular flexibility index (Phi) is 53.4. The molecule has 0 aliphatic heterocycles. The largest absolute Gasteiger partial charge is 0.494 e. The molecule has 798 valence electrons. The first-order valence-electron chi connectivity index (χ1n) is 53.1. The van der Waals surface area contributed by atoms with E-state index in [9.17, 15) is 43.2 Å². The normalized spacial score (nSPS) is 11.2. The summed E-state index contributed by atoms with van der Waals surface area (Å²) in [6, 6.07) is 52.6. The molecule has 10 aromatic rings. The number of rotatable bonds is 75. The summed E-state index contributed by atoms with van der Waals surface area (Å²) in [6.07, 6.45) is 29.1. The molecule has 0 amide bonds. The summed E-state index contributed by atoms with van der Waals surface area (Å²) in [4.78, 5) is 117. The van der Waals surface area contributed by atoms with E-state index in [0.29, 0.717) is 241 Å². The van der Waals surface area contributed by atoms with Crippen molar-refractivity contribution < 1.29 is 114 Å². The van der Waals surface area contributed by atoms with Crippen LogP contribution in [0.2, 0.25) is 0 Å². The maximum absolute atomic E-state index is 14.4. The van der Waals surface area contributed by atoms with Crippen molar-refractivity contribution in [2.45, 2.75) is 252 Å². The number of esters is 9. The van der Waals surface area contributed by atoms with Crippen LogP contribution in [-0.2, 0) is 57.2 Å².